The van der Waals surface area contributed by atoms with Gasteiger partial charge in [0.2, 0.25) is 0 Å². The predicted octanol–water partition coefficient (Wildman–Crippen LogP) is 1.86. The van der Waals surface area contributed by atoms with Gasteiger partial charge in [0.1, 0.15) is 22.8 Å². The van der Waals surface area contributed by atoms with E-state index in [0.717, 1.165) is 0 Å². The van der Waals surface area contributed by atoms with Gasteiger partial charge in [-0.1, -0.05) is 0 Å². The van der Waals surface area contributed by atoms with E-state index in [0.29, 0.717) is 22.8 Å². The fourth-order valence-corrected chi connectivity index (χ4v) is 4.09. The highest BCUT2D eigenvalue weighted by atomic mass is 16.3. The Hall–Kier alpha value is -5.20. The molecule has 0 saturated carbocycles. The van der Waals surface area contributed by atoms with Crippen LogP contribution in [0.15, 0.2) is 49.1 Å². The first-order valence-electron chi connectivity index (χ1n) is 11.5. The van der Waals surface area contributed by atoms with Crippen LogP contribution in [-0.4, -0.2) is 54.1 Å². The maximum absolute atomic E-state index is 13.0. The molecule has 4 amide bonds. The van der Waals surface area contributed by atoms with Crippen molar-refractivity contribution in [3.05, 3.63) is 71.8 Å². The van der Waals surface area contributed by atoms with Gasteiger partial charge in [-0.3, -0.25) is 19.2 Å². The minimum absolute atomic E-state index is 0.0253. The molecule has 4 aromatic heterocycles. The number of nitrogens with one attached hydrogen (secondary N) is 4. The predicted molar refractivity (Wildman–Crippen MR) is 141 cm³/mol. The van der Waals surface area contributed by atoms with Crippen LogP contribution in [0.25, 0.3) is 0 Å². The quantitative estimate of drug-likeness (QED) is 0.251. The van der Waals surface area contributed by atoms with Crippen molar-refractivity contribution in [3.8, 4) is 5.75 Å². The number of aryl methyl sites for hydroxylation is 4. The molecule has 0 aromatic carbocycles. The Morgan fingerprint density at radius 2 is 1.24 bits per heavy atom. The summed E-state index contributed by atoms with van der Waals surface area (Å²) in [6.45, 7) is 0. The molecule has 13 nitrogen and oxygen atoms in total. The summed E-state index contributed by atoms with van der Waals surface area (Å²) in [5.41, 5.74) is 1.72. The zero-order valence-electron chi connectivity index (χ0n) is 21.5. The molecule has 0 saturated heterocycles. The number of anilines is 3. The molecule has 0 spiro atoms. The van der Waals surface area contributed by atoms with Crippen LogP contribution in [-0.2, 0) is 28.2 Å². The van der Waals surface area contributed by atoms with E-state index in [2.05, 4.69) is 21.3 Å². The van der Waals surface area contributed by atoms with Crippen molar-refractivity contribution in [2.24, 2.45) is 28.2 Å². The van der Waals surface area contributed by atoms with Crippen molar-refractivity contribution in [1.82, 2.24) is 23.6 Å². The van der Waals surface area contributed by atoms with Crippen LogP contribution in [0.3, 0.4) is 0 Å². The third-order valence-corrected chi connectivity index (χ3v) is 6.01. The van der Waals surface area contributed by atoms with E-state index in [1.807, 2.05) is 0 Å². The van der Waals surface area contributed by atoms with E-state index in [1.54, 1.807) is 68.0 Å². The largest absolute Gasteiger partial charge is 0.504 e. The van der Waals surface area contributed by atoms with Crippen LogP contribution in [0.1, 0.15) is 42.0 Å². The number of rotatable bonds is 7. The first kappa shape index (κ1) is 25.9. The summed E-state index contributed by atoms with van der Waals surface area (Å²) in [6.07, 6.45) is 6.31. The summed E-state index contributed by atoms with van der Waals surface area (Å²) in [4.78, 5) is 50.3. The number of aromatic hydroxyl groups is 1. The highest BCUT2D eigenvalue weighted by Gasteiger charge is 2.24. The minimum atomic E-state index is -0.635. The van der Waals surface area contributed by atoms with Gasteiger partial charge < -0.3 is 44.6 Å². The molecule has 4 rings (SSSR count). The molecule has 0 radical (unpaired) electrons. The molecule has 0 atom stereocenters. The summed E-state index contributed by atoms with van der Waals surface area (Å²) >= 11 is 0. The number of hydrogen-bond donors (Lipinski definition) is 5. The highest BCUT2D eigenvalue weighted by Crippen LogP contribution is 2.31. The molecule has 0 unspecified atom stereocenters. The molecule has 13 heteroatoms. The number of hydrogen-bond acceptors (Lipinski definition) is 5. The Morgan fingerprint density at radius 3 is 1.79 bits per heavy atom. The first-order chi connectivity index (χ1) is 18.0. The van der Waals surface area contributed by atoms with Gasteiger partial charge in [0.05, 0.1) is 11.4 Å². The molecule has 0 fully saturated rings. The van der Waals surface area contributed by atoms with Crippen LogP contribution < -0.4 is 21.3 Å². The molecule has 0 aliphatic carbocycles. The standard InChI is InChI=1S/C25H28N8O5/c1-26-22(35)18-9-15(12-31(18)3)28-25(38)20-21(34)16(13-33(20)5)29-24(37)19-10-14(11-32(19)4)27-23(36)17-7-6-8-30(17)2/h6-13,34H,1-5H3,(H,26,35)(H,27,36)(H,28,38)(H,29,37). The highest BCUT2D eigenvalue weighted by molar-refractivity contribution is 6.10. The Labute approximate surface area is 217 Å². The zero-order valence-corrected chi connectivity index (χ0v) is 21.5. The third kappa shape index (κ3) is 4.89. The molecule has 5 N–H and O–H groups in total. The molecule has 0 aliphatic heterocycles. The maximum Gasteiger partial charge on any atom is 0.276 e. The van der Waals surface area contributed by atoms with Gasteiger partial charge in [0.25, 0.3) is 23.6 Å². The molecule has 4 aromatic rings. The number of carbonyl (C=O) groups excluding carboxylic acids is 4. The van der Waals surface area contributed by atoms with Crippen molar-refractivity contribution in [3.63, 3.8) is 0 Å². The summed E-state index contributed by atoms with van der Waals surface area (Å²) in [7, 11) is 8.11. The molecule has 38 heavy (non-hydrogen) atoms. The van der Waals surface area contributed by atoms with Crippen LogP contribution >= 0.6 is 0 Å². The smallest absolute Gasteiger partial charge is 0.276 e. The maximum atomic E-state index is 13.0. The third-order valence-electron chi connectivity index (χ3n) is 6.01. The van der Waals surface area contributed by atoms with E-state index in [9.17, 15) is 24.3 Å². The van der Waals surface area contributed by atoms with Gasteiger partial charge in [0.15, 0.2) is 11.4 Å². The van der Waals surface area contributed by atoms with E-state index in [4.69, 9.17) is 0 Å². The normalized spacial score (nSPS) is 10.8. The van der Waals surface area contributed by atoms with Gasteiger partial charge in [0, 0.05) is 60.0 Å². The van der Waals surface area contributed by atoms with E-state index < -0.39 is 17.6 Å². The minimum Gasteiger partial charge on any atom is -0.504 e. The zero-order chi connectivity index (χ0) is 27.7. The Balaban J connectivity index is 1.48. The van der Waals surface area contributed by atoms with Crippen molar-refractivity contribution < 1.29 is 24.3 Å². The second kappa shape index (κ2) is 10.0. The van der Waals surface area contributed by atoms with Gasteiger partial charge in [-0.05, 0) is 24.3 Å². The van der Waals surface area contributed by atoms with Crippen molar-refractivity contribution in [2.45, 2.75) is 0 Å². The molecule has 0 bridgehead atoms. The van der Waals surface area contributed by atoms with Gasteiger partial charge in [-0.2, -0.15) is 0 Å². The lowest BCUT2D eigenvalue weighted by molar-refractivity contribution is 0.0952. The van der Waals surface area contributed by atoms with Crippen LogP contribution in [0.2, 0.25) is 0 Å². The molecule has 198 valence electrons. The fourth-order valence-electron chi connectivity index (χ4n) is 4.09. The molecule has 4 heterocycles. The average molecular weight is 521 g/mol. The van der Waals surface area contributed by atoms with Gasteiger partial charge >= 0.3 is 0 Å². The summed E-state index contributed by atoms with van der Waals surface area (Å²) < 4.78 is 6.14. The molecule has 0 aliphatic rings. The summed E-state index contributed by atoms with van der Waals surface area (Å²) in [5, 5.41) is 21.2. The Morgan fingerprint density at radius 1 is 0.684 bits per heavy atom. The number of carbonyl (C=O) groups is 4. The number of aromatic nitrogens is 4. The number of nitrogens with zero attached hydrogens (tertiary/aromatic N) is 4. The monoisotopic (exact) mass is 520 g/mol. The summed E-state index contributed by atoms with van der Waals surface area (Å²) in [5.74, 6) is -2.26. The topological polar surface area (TPSA) is 156 Å². The SMILES string of the molecule is CNC(=O)c1cc(NC(=O)c2c(O)c(NC(=O)c3cc(NC(=O)c4cccn4C)cn3C)cn2C)cn1C. The molecular formula is C25H28N8O5. The average Bonchev–Trinajstić information content (AvgIpc) is 3.60. The van der Waals surface area contributed by atoms with Crippen LogP contribution in [0.5, 0.6) is 5.75 Å². The number of amides is 4. The Bertz CT molecular complexity index is 1570. The first-order valence-corrected chi connectivity index (χ1v) is 11.5. The lowest BCUT2D eigenvalue weighted by Crippen LogP contribution is -2.20. The van der Waals surface area contributed by atoms with Crippen LogP contribution in [0.4, 0.5) is 17.1 Å². The van der Waals surface area contributed by atoms with E-state index >= 15 is 0 Å². The second-order valence-corrected chi connectivity index (χ2v) is 8.75. The van der Waals surface area contributed by atoms with Crippen molar-refractivity contribution in [1.29, 1.82) is 0 Å². The molecular weight excluding hydrogens is 492 g/mol. The van der Waals surface area contributed by atoms with Crippen molar-refractivity contribution >= 4 is 40.7 Å². The van der Waals surface area contributed by atoms with Gasteiger partial charge in [-0.25, -0.2) is 0 Å². The second-order valence-electron chi connectivity index (χ2n) is 8.75. The van der Waals surface area contributed by atoms with Crippen molar-refractivity contribution in [2.75, 3.05) is 23.0 Å². The summed E-state index contributed by atoms with van der Waals surface area (Å²) in [6, 6.07) is 6.43. The van der Waals surface area contributed by atoms with E-state index in [-0.39, 0.29) is 28.9 Å². The van der Waals surface area contributed by atoms with Gasteiger partial charge in [-0.15, -0.1) is 0 Å². The lowest BCUT2D eigenvalue weighted by atomic mass is 10.3. The lowest BCUT2D eigenvalue weighted by Gasteiger charge is -2.06. The fraction of sp³-hybridized carbons (Fsp3) is 0.200. The van der Waals surface area contributed by atoms with E-state index in [1.165, 1.54) is 34.5 Å². The Kier molecular flexibility index (Phi) is 6.84. The van der Waals surface area contributed by atoms with Crippen LogP contribution in [0, 0.1) is 0 Å².